The molecule has 1 heterocycles. The van der Waals surface area contributed by atoms with Crippen LogP contribution < -0.4 is 10.1 Å². The van der Waals surface area contributed by atoms with Gasteiger partial charge < -0.3 is 15.2 Å². The first-order valence-corrected chi connectivity index (χ1v) is 8.00. The molecule has 2 rings (SSSR count). The van der Waals surface area contributed by atoms with Crippen molar-refractivity contribution in [2.24, 2.45) is 5.92 Å². The van der Waals surface area contributed by atoms with E-state index >= 15 is 0 Å². The summed E-state index contributed by atoms with van der Waals surface area (Å²) in [6, 6.07) is 7.35. The average molecular weight is 341 g/mol. The minimum Gasteiger partial charge on any atom is -0.492 e. The molecule has 1 aromatic rings. The van der Waals surface area contributed by atoms with Crippen molar-refractivity contribution in [3.05, 3.63) is 29.3 Å². The second kappa shape index (κ2) is 8.74. The first kappa shape index (κ1) is 17.6. The number of amides is 1. The number of hydrogen-bond donors (Lipinski definition) is 2. The molecule has 0 radical (unpaired) electrons. The smallest absolute Gasteiger partial charge is 0.322 e. The quantitative estimate of drug-likeness (QED) is 0.788. The van der Waals surface area contributed by atoms with Crippen LogP contribution in [0, 0.1) is 5.92 Å². The summed E-state index contributed by atoms with van der Waals surface area (Å²) in [5, 5.41) is 11.5. The number of carbonyl (C=O) groups excluding carboxylic acids is 1. The Morgan fingerprint density at radius 2 is 2.17 bits per heavy atom. The number of piperidine rings is 1. The maximum atomic E-state index is 11.7. The van der Waals surface area contributed by atoms with Crippen molar-refractivity contribution in [3.8, 4) is 5.75 Å². The lowest BCUT2D eigenvalue weighted by Gasteiger charge is -2.32. The molecule has 6 nitrogen and oxygen atoms in total. The number of nitrogens with one attached hydrogen (secondary N) is 1. The number of likely N-dealkylation sites (tertiary alicyclic amines) is 1. The SMILES string of the molecule is O=C(O)CNC(=O)CN1CCCC(COc2ccccc2Cl)C1. The van der Waals surface area contributed by atoms with Gasteiger partial charge in [0.1, 0.15) is 12.3 Å². The summed E-state index contributed by atoms with van der Waals surface area (Å²) >= 11 is 6.06. The maximum Gasteiger partial charge on any atom is 0.322 e. The van der Waals surface area contributed by atoms with Crippen molar-refractivity contribution in [2.45, 2.75) is 12.8 Å². The minimum atomic E-state index is -1.04. The fraction of sp³-hybridized carbons (Fsp3) is 0.500. The van der Waals surface area contributed by atoms with Gasteiger partial charge in [0, 0.05) is 12.5 Å². The van der Waals surface area contributed by atoms with Crippen LogP contribution in [0.2, 0.25) is 5.02 Å². The molecular formula is C16H21ClN2O4. The Hall–Kier alpha value is -1.79. The number of carboxylic acid groups (broad SMARTS) is 1. The van der Waals surface area contributed by atoms with Crippen LogP contribution in [-0.2, 0) is 9.59 Å². The van der Waals surface area contributed by atoms with Gasteiger partial charge in [-0.1, -0.05) is 23.7 Å². The molecule has 1 aliphatic rings. The molecule has 23 heavy (non-hydrogen) atoms. The average Bonchev–Trinajstić information content (AvgIpc) is 2.52. The molecule has 1 saturated heterocycles. The molecule has 2 N–H and O–H groups in total. The maximum absolute atomic E-state index is 11.7. The van der Waals surface area contributed by atoms with Gasteiger partial charge in [-0.05, 0) is 31.5 Å². The molecule has 1 fully saturated rings. The Bertz CT molecular complexity index is 553. The van der Waals surface area contributed by atoms with E-state index in [1.165, 1.54) is 0 Å². The third-order valence-corrected chi connectivity index (χ3v) is 4.03. The highest BCUT2D eigenvalue weighted by molar-refractivity contribution is 6.32. The minimum absolute atomic E-state index is 0.218. The molecule has 7 heteroatoms. The zero-order valence-corrected chi connectivity index (χ0v) is 13.6. The van der Waals surface area contributed by atoms with Crippen molar-refractivity contribution in [3.63, 3.8) is 0 Å². The van der Waals surface area contributed by atoms with Crippen LogP contribution in [-0.4, -0.2) is 54.7 Å². The van der Waals surface area contributed by atoms with Gasteiger partial charge in [0.25, 0.3) is 0 Å². The molecular weight excluding hydrogens is 320 g/mol. The Balaban J connectivity index is 1.76. The van der Waals surface area contributed by atoms with Crippen LogP contribution in [0.3, 0.4) is 0 Å². The zero-order valence-electron chi connectivity index (χ0n) is 12.8. The van der Waals surface area contributed by atoms with Gasteiger partial charge in [0.2, 0.25) is 5.91 Å². The molecule has 0 aliphatic carbocycles. The van der Waals surface area contributed by atoms with Crippen molar-refractivity contribution >= 4 is 23.5 Å². The number of halogens is 1. The van der Waals surface area contributed by atoms with E-state index in [9.17, 15) is 9.59 Å². The second-order valence-corrected chi connectivity index (χ2v) is 6.06. The zero-order chi connectivity index (χ0) is 16.7. The number of benzene rings is 1. The summed E-state index contributed by atoms with van der Waals surface area (Å²) in [7, 11) is 0. The molecule has 1 aromatic carbocycles. The number of aliphatic carboxylic acids is 1. The summed E-state index contributed by atoms with van der Waals surface area (Å²) in [4.78, 5) is 24.2. The lowest BCUT2D eigenvalue weighted by Crippen LogP contribution is -2.44. The highest BCUT2D eigenvalue weighted by Crippen LogP contribution is 2.25. The Kier molecular flexibility index (Phi) is 6.67. The van der Waals surface area contributed by atoms with Crippen LogP contribution in [0.5, 0.6) is 5.75 Å². The van der Waals surface area contributed by atoms with Gasteiger partial charge in [-0.3, -0.25) is 14.5 Å². The third-order valence-electron chi connectivity index (χ3n) is 3.72. The molecule has 1 atom stereocenters. The molecule has 1 unspecified atom stereocenters. The summed E-state index contributed by atoms with van der Waals surface area (Å²) in [5.74, 6) is -0.305. The van der Waals surface area contributed by atoms with Gasteiger partial charge in [-0.25, -0.2) is 0 Å². The predicted molar refractivity (Wildman–Crippen MR) is 86.8 cm³/mol. The van der Waals surface area contributed by atoms with E-state index in [-0.39, 0.29) is 19.0 Å². The van der Waals surface area contributed by atoms with E-state index < -0.39 is 5.97 Å². The monoisotopic (exact) mass is 340 g/mol. The normalized spacial score (nSPS) is 18.4. The number of carboxylic acids is 1. The molecule has 0 saturated carbocycles. The number of hydrogen-bond acceptors (Lipinski definition) is 4. The van der Waals surface area contributed by atoms with Gasteiger partial charge in [0.05, 0.1) is 18.2 Å². The molecule has 0 spiro atoms. The molecule has 0 bridgehead atoms. The molecule has 0 aromatic heterocycles. The van der Waals surface area contributed by atoms with E-state index in [1.54, 1.807) is 6.07 Å². The van der Waals surface area contributed by atoms with Gasteiger partial charge in [-0.2, -0.15) is 0 Å². The lowest BCUT2D eigenvalue weighted by molar-refractivity contribution is -0.138. The van der Waals surface area contributed by atoms with Crippen LogP contribution in [0.4, 0.5) is 0 Å². The van der Waals surface area contributed by atoms with E-state index in [4.69, 9.17) is 21.4 Å². The second-order valence-electron chi connectivity index (χ2n) is 5.66. The lowest BCUT2D eigenvalue weighted by atomic mass is 9.99. The summed E-state index contributed by atoms with van der Waals surface area (Å²) in [6.45, 7) is 2.02. The number of rotatable bonds is 7. The van der Waals surface area contributed by atoms with Gasteiger partial charge in [-0.15, -0.1) is 0 Å². The standard InChI is InChI=1S/C16H21ClN2O4/c17-13-5-1-2-6-14(13)23-11-12-4-3-7-19(9-12)10-15(20)18-8-16(21)22/h1-2,5-6,12H,3-4,7-11H2,(H,18,20)(H,21,22). The van der Waals surface area contributed by atoms with E-state index in [0.717, 1.165) is 25.9 Å². The van der Waals surface area contributed by atoms with E-state index in [0.29, 0.717) is 23.3 Å². The first-order chi connectivity index (χ1) is 11.0. The number of nitrogens with zero attached hydrogens (tertiary/aromatic N) is 1. The predicted octanol–water partition coefficient (Wildman–Crippen LogP) is 1.63. The fourth-order valence-corrected chi connectivity index (χ4v) is 2.82. The molecule has 126 valence electrons. The highest BCUT2D eigenvalue weighted by Gasteiger charge is 2.22. The Morgan fingerprint density at radius 1 is 1.39 bits per heavy atom. The highest BCUT2D eigenvalue weighted by atomic mass is 35.5. The molecule has 1 aliphatic heterocycles. The number of carbonyl (C=O) groups is 2. The van der Waals surface area contributed by atoms with Crippen LogP contribution in [0.15, 0.2) is 24.3 Å². The largest absolute Gasteiger partial charge is 0.492 e. The Morgan fingerprint density at radius 3 is 2.91 bits per heavy atom. The Labute approximate surface area is 140 Å². The van der Waals surface area contributed by atoms with E-state index in [2.05, 4.69) is 5.32 Å². The van der Waals surface area contributed by atoms with Gasteiger partial charge >= 0.3 is 5.97 Å². The van der Waals surface area contributed by atoms with E-state index in [1.807, 2.05) is 23.1 Å². The number of ether oxygens (including phenoxy) is 1. The summed E-state index contributed by atoms with van der Waals surface area (Å²) < 4.78 is 5.77. The summed E-state index contributed by atoms with van der Waals surface area (Å²) in [6.07, 6.45) is 2.03. The summed E-state index contributed by atoms with van der Waals surface area (Å²) in [5.41, 5.74) is 0. The first-order valence-electron chi connectivity index (χ1n) is 7.63. The fourth-order valence-electron chi connectivity index (χ4n) is 2.63. The van der Waals surface area contributed by atoms with Crippen LogP contribution in [0.1, 0.15) is 12.8 Å². The van der Waals surface area contributed by atoms with Crippen molar-refractivity contribution in [2.75, 3.05) is 32.8 Å². The van der Waals surface area contributed by atoms with Gasteiger partial charge in [0.15, 0.2) is 0 Å². The van der Waals surface area contributed by atoms with Crippen molar-refractivity contribution in [1.82, 2.24) is 10.2 Å². The topological polar surface area (TPSA) is 78.9 Å². The number of para-hydroxylation sites is 1. The van der Waals surface area contributed by atoms with Crippen molar-refractivity contribution in [1.29, 1.82) is 0 Å². The van der Waals surface area contributed by atoms with Crippen LogP contribution in [0.25, 0.3) is 0 Å². The third kappa shape index (κ3) is 6.08. The van der Waals surface area contributed by atoms with Crippen molar-refractivity contribution < 1.29 is 19.4 Å². The van der Waals surface area contributed by atoms with Crippen LogP contribution >= 0.6 is 11.6 Å². The molecule has 1 amide bonds.